The number of hydrogen-bond donors (Lipinski definition) is 2. The summed E-state index contributed by atoms with van der Waals surface area (Å²) in [5.41, 5.74) is 7.43. The lowest BCUT2D eigenvalue weighted by Crippen LogP contribution is -2.04. The Morgan fingerprint density at radius 2 is 1.73 bits per heavy atom. The molecule has 138 valence electrons. The van der Waals surface area contributed by atoms with Crippen molar-refractivity contribution in [2.24, 2.45) is 5.73 Å². The lowest BCUT2D eigenvalue weighted by atomic mass is 9.99. The van der Waals surface area contributed by atoms with E-state index in [2.05, 4.69) is 4.98 Å². The molecule has 2 nitrogen and oxygen atoms in total. The second-order valence-electron chi connectivity index (χ2n) is 6.08. The minimum atomic E-state index is -4.41. The van der Waals surface area contributed by atoms with Crippen LogP contribution in [0.25, 0.3) is 22.2 Å². The van der Waals surface area contributed by atoms with Crippen LogP contribution in [0.5, 0.6) is 0 Å². The first-order valence-electron chi connectivity index (χ1n) is 8.19. The number of aromatic amines is 1. The number of unbranched alkanes of at least 4 members (excludes halogenated alkanes) is 1. The van der Waals surface area contributed by atoms with Crippen LogP contribution in [0.2, 0.25) is 10.0 Å². The van der Waals surface area contributed by atoms with Gasteiger partial charge in [-0.3, -0.25) is 0 Å². The Morgan fingerprint density at radius 1 is 1.00 bits per heavy atom. The lowest BCUT2D eigenvalue weighted by Gasteiger charge is -2.10. The Balaban J connectivity index is 2.20. The number of hydrogen-bond acceptors (Lipinski definition) is 1. The molecule has 0 unspecified atom stereocenters. The van der Waals surface area contributed by atoms with Crippen molar-refractivity contribution in [1.82, 2.24) is 4.98 Å². The van der Waals surface area contributed by atoms with E-state index in [9.17, 15) is 13.2 Å². The molecule has 0 aliphatic heterocycles. The summed E-state index contributed by atoms with van der Waals surface area (Å²) in [5, 5.41) is 1.74. The van der Waals surface area contributed by atoms with E-state index in [1.165, 1.54) is 6.07 Å². The van der Waals surface area contributed by atoms with Crippen molar-refractivity contribution in [3.8, 4) is 11.3 Å². The van der Waals surface area contributed by atoms with Crippen LogP contribution in [0.15, 0.2) is 36.4 Å². The Morgan fingerprint density at radius 3 is 2.42 bits per heavy atom. The van der Waals surface area contributed by atoms with Gasteiger partial charge in [0, 0.05) is 11.1 Å². The van der Waals surface area contributed by atoms with E-state index < -0.39 is 11.7 Å². The maximum Gasteiger partial charge on any atom is 0.416 e. The van der Waals surface area contributed by atoms with Crippen LogP contribution >= 0.6 is 23.2 Å². The maximum atomic E-state index is 13.1. The fourth-order valence-corrected chi connectivity index (χ4v) is 3.56. The minimum Gasteiger partial charge on any atom is -0.353 e. The molecule has 0 aliphatic carbocycles. The van der Waals surface area contributed by atoms with Gasteiger partial charge in [-0.05, 0) is 61.2 Å². The van der Waals surface area contributed by atoms with Gasteiger partial charge in [-0.15, -0.1) is 0 Å². The first kappa shape index (κ1) is 19.1. The zero-order chi connectivity index (χ0) is 18.9. The van der Waals surface area contributed by atoms with Crippen molar-refractivity contribution < 1.29 is 13.2 Å². The standard InChI is InChI=1S/C19H17Cl2F3N2/c20-14-7-8-15(21)18-16(14)13(6-1-2-9-25)17(26-18)11-4-3-5-12(10-11)19(22,23)24/h3-5,7-8,10,26H,1-2,6,9,25H2. The molecule has 0 atom stereocenters. The highest BCUT2D eigenvalue weighted by molar-refractivity contribution is 6.40. The van der Waals surface area contributed by atoms with Crippen molar-refractivity contribution in [3.63, 3.8) is 0 Å². The van der Waals surface area contributed by atoms with Gasteiger partial charge in [0.1, 0.15) is 0 Å². The van der Waals surface area contributed by atoms with Crippen LogP contribution in [-0.2, 0) is 12.6 Å². The van der Waals surface area contributed by atoms with E-state index in [4.69, 9.17) is 28.9 Å². The minimum absolute atomic E-state index is 0.450. The zero-order valence-corrected chi connectivity index (χ0v) is 15.3. The van der Waals surface area contributed by atoms with Gasteiger partial charge in [0.15, 0.2) is 0 Å². The van der Waals surface area contributed by atoms with Gasteiger partial charge in [-0.2, -0.15) is 13.2 Å². The molecule has 3 aromatic rings. The number of benzene rings is 2. The maximum absolute atomic E-state index is 13.1. The van der Waals surface area contributed by atoms with Gasteiger partial charge >= 0.3 is 6.18 Å². The SMILES string of the molecule is NCCCCc1c(-c2cccc(C(F)(F)F)c2)[nH]c2c(Cl)ccc(Cl)c12. The molecule has 3 rings (SSSR count). The molecule has 7 heteroatoms. The summed E-state index contributed by atoms with van der Waals surface area (Å²) in [7, 11) is 0. The summed E-state index contributed by atoms with van der Waals surface area (Å²) in [5.74, 6) is 0. The summed E-state index contributed by atoms with van der Waals surface area (Å²) in [6.07, 6.45) is -2.15. The summed E-state index contributed by atoms with van der Waals surface area (Å²) in [6, 6.07) is 8.61. The van der Waals surface area contributed by atoms with Gasteiger partial charge in [0.2, 0.25) is 0 Å². The van der Waals surface area contributed by atoms with Crippen molar-refractivity contribution in [2.45, 2.75) is 25.4 Å². The third-order valence-corrected chi connectivity index (χ3v) is 4.95. The Hall–Kier alpha value is -1.69. The summed E-state index contributed by atoms with van der Waals surface area (Å²) >= 11 is 12.6. The monoisotopic (exact) mass is 400 g/mol. The molecule has 0 spiro atoms. The van der Waals surface area contributed by atoms with Crippen LogP contribution in [0.4, 0.5) is 13.2 Å². The summed E-state index contributed by atoms with van der Waals surface area (Å²) < 4.78 is 39.3. The highest BCUT2D eigenvalue weighted by Crippen LogP contribution is 2.40. The molecule has 0 amide bonds. The van der Waals surface area contributed by atoms with E-state index >= 15 is 0 Å². The number of rotatable bonds is 5. The Kier molecular flexibility index (Phi) is 5.51. The zero-order valence-electron chi connectivity index (χ0n) is 13.8. The predicted octanol–water partition coefficient (Wildman–Crippen LogP) is 6.44. The van der Waals surface area contributed by atoms with E-state index in [0.29, 0.717) is 39.8 Å². The molecule has 2 aromatic carbocycles. The Bertz CT molecular complexity index is 932. The normalized spacial score (nSPS) is 12.1. The van der Waals surface area contributed by atoms with E-state index in [1.807, 2.05) is 0 Å². The smallest absolute Gasteiger partial charge is 0.353 e. The number of aromatic nitrogens is 1. The molecule has 0 bridgehead atoms. The third-order valence-electron chi connectivity index (χ3n) is 4.32. The molecule has 3 N–H and O–H groups in total. The van der Waals surface area contributed by atoms with Gasteiger partial charge in [-0.1, -0.05) is 35.3 Å². The van der Waals surface area contributed by atoms with Crippen LogP contribution in [0.1, 0.15) is 24.0 Å². The quantitative estimate of drug-likeness (QED) is 0.475. The predicted molar refractivity (Wildman–Crippen MR) is 101 cm³/mol. The number of halogens is 5. The molecule has 0 fully saturated rings. The van der Waals surface area contributed by atoms with E-state index in [-0.39, 0.29) is 0 Å². The summed E-state index contributed by atoms with van der Waals surface area (Å²) in [4.78, 5) is 3.18. The lowest BCUT2D eigenvalue weighted by molar-refractivity contribution is -0.137. The first-order chi connectivity index (χ1) is 12.3. The average Bonchev–Trinajstić information content (AvgIpc) is 2.99. The van der Waals surface area contributed by atoms with Crippen molar-refractivity contribution in [1.29, 1.82) is 0 Å². The second-order valence-corrected chi connectivity index (χ2v) is 6.90. The molecule has 26 heavy (non-hydrogen) atoms. The van der Waals surface area contributed by atoms with Crippen molar-refractivity contribution in [3.05, 3.63) is 57.6 Å². The van der Waals surface area contributed by atoms with Crippen LogP contribution < -0.4 is 5.73 Å². The molecular formula is C19H17Cl2F3N2. The molecule has 0 aliphatic rings. The molecule has 0 saturated carbocycles. The van der Waals surface area contributed by atoms with Gasteiger partial charge in [-0.25, -0.2) is 0 Å². The van der Waals surface area contributed by atoms with Crippen LogP contribution in [-0.4, -0.2) is 11.5 Å². The number of aryl methyl sites for hydroxylation is 1. The van der Waals surface area contributed by atoms with Gasteiger partial charge in [0.25, 0.3) is 0 Å². The summed E-state index contributed by atoms with van der Waals surface area (Å²) in [6.45, 7) is 0.551. The highest BCUT2D eigenvalue weighted by Gasteiger charge is 2.31. The third kappa shape index (κ3) is 3.70. The first-order valence-corrected chi connectivity index (χ1v) is 8.94. The number of fused-ring (bicyclic) bond motifs is 1. The molecule has 0 saturated heterocycles. The second kappa shape index (κ2) is 7.51. The van der Waals surface area contributed by atoms with Crippen LogP contribution in [0.3, 0.4) is 0 Å². The van der Waals surface area contributed by atoms with E-state index in [1.54, 1.807) is 18.2 Å². The number of alkyl halides is 3. The number of H-pyrrole nitrogens is 1. The largest absolute Gasteiger partial charge is 0.416 e. The number of nitrogens with one attached hydrogen (secondary N) is 1. The molecule has 1 heterocycles. The molecule has 1 aromatic heterocycles. The number of nitrogens with two attached hydrogens (primary N) is 1. The fraction of sp³-hybridized carbons (Fsp3) is 0.263. The van der Waals surface area contributed by atoms with Crippen molar-refractivity contribution in [2.75, 3.05) is 6.54 Å². The topological polar surface area (TPSA) is 41.8 Å². The van der Waals surface area contributed by atoms with Crippen molar-refractivity contribution >= 4 is 34.1 Å². The average molecular weight is 401 g/mol. The highest BCUT2D eigenvalue weighted by atomic mass is 35.5. The van der Waals surface area contributed by atoms with Gasteiger partial charge < -0.3 is 10.7 Å². The molecule has 0 radical (unpaired) electrons. The molecular weight excluding hydrogens is 384 g/mol. The van der Waals surface area contributed by atoms with Gasteiger partial charge in [0.05, 0.1) is 21.1 Å². The Labute approximate surface area is 159 Å². The van der Waals surface area contributed by atoms with Crippen LogP contribution in [0, 0.1) is 0 Å². The van der Waals surface area contributed by atoms with E-state index in [0.717, 1.165) is 35.9 Å². The fourth-order valence-electron chi connectivity index (χ4n) is 3.09.